The van der Waals surface area contributed by atoms with E-state index in [4.69, 9.17) is 11.6 Å². The van der Waals surface area contributed by atoms with E-state index in [-0.39, 0.29) is 21.8 Å². The van der Waals surface area contributed by atoms with E-state index in [0.29, 0.717) is 19.6 Å². The van der Waals surface area contributed by atoms with Gasteiger partial charge in [0, 0.05) is 36.4 Å². The maximum atomic E-state index is 13.4. The van der Waals surface area contributed by atoms with Gasteiger partial charge in [0.25, 0.3) is 0 Å². The van der Waals surface area contributed by atoms with E-state index in [1.54, 1.807) is 4.90 Å². The topological polar surface area (TPSA) is 35.5 Å². The molecule has 0 spiro atoms. The molecule has 26 heavy (non-hydrogen) atoms. The number of hydrogen-bond donors (Lipinski definition) is 2. The smallest absolute Gasteiger partial charge is 0.418 e. The Kier molecular flexibility index (Phi) is 6.37. The second kappa shape index (κ2) is 7.70. The van der Waals surface area contributed by atoms with Gasteiger partial charge in [-0.05, 0) is 49.2 Å². The maximum absolute atomic E-state index is 13.4. The molecule has 148 valence electrons. The molecular formula is C18H28ClF3N2OSi. The highest BCUT2D eigenvalue weighted by Gasteiger charge is 2.39. The molecule has 1 aliphatic heterocycles. The lowest BCUT2D eigenvalue weighted by Crippen LogP contribution is -2.51. The highest BCUT2D eigenvalue weighted by atomic mass is 35.5. The summed E-state index contributed by atoms with van der Waals surface area (Å²) in [5.41, 5.74) is -0.501. The highest BCUT2D eigenvalue weighted by Crippen LogP contribution is 2.41. The number of nitrogens with zero attached hydrogens (tertiary/aromatic N) is 1. The molecule has 3 nitrogen and oxygen atoms in total. The van der Waals surface area contributed by atoms with Crippen molar-refractivity contribution >= 4 is 25.6 Å². The minimum atomic E-state index is -4.44. The molecule has 0 aromatic heterocycles. The Morgan fingerprint density at radius 2 is 1.96 bits per heavy atom. The molecule has 1 atom stereocenters. The average molecular weight is 409 g/mol. The van der Waals surface area contributed by atoms with Crippen LogP contribution in [0, 0.1) is 0 Å². The van der Waals surface area contributed by atoms with Crippen molar-refractivity contribution in [3.05, 3.63) is 28.8 Å². The van der Waals surface area contributed by atoms with Crippen molar-refractivity contribution < 1.29 is 18.0 Å². The van der Waals surface area contributed by atoms with Crippen LogP contribution in [-0.4, -0.2) is 38.8 Å². The van der Waals surface area contributed by atoms with Crippen molar-refractivity contribution in [2.75, 3.05) is 24.5 Å². The maximum Gasteiger partial charge on any atom is 0.418 e. The summed E-state index contributed by atoms with van der Waals surface area (Å²) in [6, 6.07) is 4.06. The predicted molar refractivity (Wildman–Crippen MR) is 103 cm³/mol. The first-order valence-electron chi connectivity index (χ1n) is 8.89. The van der Waals surface area contributed by atoms with Crippen LogP contribution in [0.15, 0.2) is 18.2 Å². The molecule has 1 aromatic rings. The van der Waals surface area contributed by atoms with E-state index in [1.165, 1.54) is 12.1 Å². The van der Waals surface area contributed by atoms with Crippen LogP contribution in [0.3, 0.4) is 0 Å². The molecule has 2 rings (SSSR count). The van der Waals surface area contributed by atoms with Gasteiger partial charge in [0.05, 0.1) is 5.56 Å². The van der Waals surface area contributed by atoms with Crippen molar-refractivity contribution in [3.8, 4) is 0 Å². The summed E-state index contributed by atoms with van der Waals surface area (Å²) in [6.45, 7) is 9.65. The van der Waals surface area contributed by atoms with Gasteiger partial charge < -0.3 is 15.0 Å². The Morgan fingerprint density at radius 1 is 1.31 bits per heavy atom. The number of halogens is 4. The summed E-state index contributed by atoms with van der Waals surface area (Å²) in [5.74, 6) is 0. The number of benzene rings is 1. The first-order valence-corrected chi connectivity index (χ1v) is 12.2. The van der Waals surface area contributed by atoms with E-state index in [9.17, 15) is 18.0 Å². The van der Waals surface area contributed by atoms with Crippen LogP contribution >= 0.6 is 11.6 Å². The Labute approximate surface area is 159 Å². The summed E-state index contributed by atoms with van der Waals surface area (Å²) >= 11 is 5.78. The summed E-state index contributed by atoms with van der Waals surface area (Å²) < 4.78 is 40.2. The molecule has 1 aromatic carbocycles. The van der Waals surface area contributed by atoms with Crippen molar-refractivity contribution in [3.63, 3.8) is 0 Å². The molecule has 0 aliphatic carbocycles. The zero-order chi connectivity index (χ0) is 19.8. The molecule has 1 unspecified atom stereocenters. The fourth-order valence-electron chi connectivity index (χ4n) is 3.09. The SMILES string of the molecule is CC(C)(CCC1CN(c2ccc(Cl)cc2C(F)(F)F)CCN1)[Si](C)(C)O. The number of alkyl halides is 3. The quantitative estimate of drug-likeness (QED) is 0.680. The highest BCUT2D eigenvalue weighted by molar-refractivity contribution is 6.72. The molecule has 8 heteroatoms. The van der Waals surface area contributed by atoms with Crippen molar-refractivity contribution in [2.45, 2.75) is 57.0 Å². The summed E-state index contributed by atoms with van der Waals surface area (Å²) in [5, 5.41) is 3.34. The molecule has 2 N–H and O–H groups in total. The van der Waals surface area contributed by atoms with Gasteiger partial charge in [-0.15, -0.1) is 0 Å². The van der Waals surface area contributed by atoms with E-state index < -0.39 is 20.1 Å². The standard InChI is InChI=1S/C18H28ClF3N2OSi/c1-17(2,26(3,4)25)8-7-14-12-24(10-9-23-14)16-6-5-13(19)11-15(16)18(20,21)22/h5-6,11,14,23,25H,7-10,12H2,1-4H3. The number of anilines is 1. The van der Waals surface area contributed by atoms with Gasteiger partial charge in [0.2, 0.25) is 0 Å². The monoisotopic (exact) mass is 408 g/mol. The van der Waals surface area contributed by atoms with Crippen LogP contribution < -0.4 is 10.2 Å². The van der Waals surface area contributed by atoms with Crippen molar-refractivity contribution in [2.24, 2.45) is 0 Å². The molecule has 0 amide bonds. The second-order valence-electron chi connectivity index (χ2n) is 8.24. The van der Waals surface area contributed by atoms with Gasteiger partial charge in [-0.3, -0.25) is 0 Å². The third-order valence-corrected chi connectivity index (χ3v) is 9.43. The number of rotatable bonds is 5. The van der Waals surface area contributed by atoms with Gasteiger partial charge in [-0.1, -0.05) is 25.4 Å². The van der Waals surface area contributed by atoms with E-state index in [1.807, 2.05) is 13.1 Å². The molecule has 1 fully saturated rings. The number of nitrogens with one attached hydrogen (secondary N) is 1. The van der Waals surface area contributed by atoms with Gasteiger partial charge in [0.1, 0.15) is 0 Å². The fourth-order valence-corrected chi connectivity index (χ4v) is 4.02. The minimum absolute atomic E-state index is 0.0876. The number of piperazine rings is 1. The van der Waals surface area contributed by atoms with Crippen LogP contribution in [-0.2, 0) is 6.18 Å². The summed E-state index contributed by atoms with van der Waals surface area (Å²) in [6.07, 6.45) is -2.79. The fraction of sp³-hybridized carbons (Fsp3) is 0.667. The van der Waals surface area contributed by atoms with Crippen LogP contribution in [0.5, 0.6) is 0 Å². The Morgan fingerprint density at radius 3 is 2.54 bits per heavy atom. The van der Waals surface area contributed by atoms with Crippen molar-refractivity contribution in [1.29, 1.82) is 0 Å². The van der Waals surface area contributed by atoms with Crippen LogP contribution in [0.2, 0.25) is 23.2 Å². The lowest BCUT2D eigenvalue weighted by molar-refractivity contribution is -0.137. The first-order chi connectivity index (χ1) is 11.8. The predicted octanol–water partition coefficient (Wildman–Crippen LogP) is 4.89. The molecule has 1 aliphatic rings. The lowest BCUT2D eigenvalue weighted by atomic mass is 10.00. The lowest BCUT2D eigenvalue weighted by Gasteiger charge is -2.40. The van der Waals surface area contributed by atoms with Gasteiger partial charge in [-0.2, -0.15) is 13.2 Å². The van der Waals surface area contributed by atoms with Crippen LogP contribution in [0.1, 0.15) is 32.3 Å². The number of hydrogen-bond acceptors (Lipinski definition) is 3. The molecule has 1 saturated heterocycles. The first kappa shape index (κ1) is 21.5. The molecule has 0 radical (unpaired) electrons. The van der Waals surface area contributed by atoms with E-state index in [0.717, 1.165) is 18.9 Å². The minimum Gasteiger partial charge on any atom is -0.432 e. The van der Waals surface area contributed by atoms with Crippen LogP contribution in [0.4, 0.5) is 18.9 Å². The van der Waals surface area contributed by atoms with Gasteiger partial charge in [0.15, 0.2) is 8.32 Å². The molecule has 0 bridgehead atoms. The molecule has 0 saturated carbocycles. The third-order valence-electron chi connectivity index (χ3n) is 5.63. The Balaban J connectivity index is 2.12. The average Bonchev–Trinajstić information content (AvgIpc) is 2.51. The van der Waals surface area contributed by atoms with E-state index in [2.05, 4.69) is 19.2 Å². The van der Waals surface area contributed by atoms with Gasteiger partial charge in [-0.25, -0.2) is 0 Å². The summed E-state index contributed by atoms with van der Waals surface area (Å²) in [4.78, 5) is 12.2. The van der Waals surface area contributed by atoms with Gasteiger partial charge >= 0.3 is 6.18 Å². The summed E-state index contributed by atoms with van der Waals surface area (Å²) in [7, 11) is -2.30. The van der Waals surface area contributed by atoms with E-state index >= 15 is 0 Å². The second-order valence-corrected chi connectivity index (χ2v) is 13.1. The van der Waals surface area contributed by atoms with Crippen LogP contribution in [0.25, 0.3) is 0 Å². The van der Waals surface area contributed by atoms with Crippen molar-refractivity contribution in [1.82, 2.24) is 5.32 Å². The normalized spacial score (nSPS) is 19.7. The molecular weight excluding hydrogens is 381 g/mol. The zero-order valence-electron chi connectivity index (χ0n) is 15.8. The Bertz CT molecular complexity index is 632. The zero-order valence-corrected chi connectivity index (χ0v) is 17.5. The largest absolute Gasteiger partial charge is 0.432 e. The molecule has 1 heterocycles. The third kappa shape index (κ3) is 5.15. The Hall–Kier alpha value is -0.763.